The summed E-state index contributed by atoms with van der Waals surface area (Å²) in [4.78, 5) is 24.7. The van der Waals surface area contributed by atoms with E-state index >= 15 is 0 Å². The van der Waals surface area contributed by atoms with Gasteiger partial charge in [-0.25, -0.2) is 4.79 Å². The van der Waals surface area contributed by atoms with Crippen molar-refractivity contribution < 1.29 is 23.5 Å². The van der Waals surface area contributed by atoms with Crippen molar-refractivity contribution in [1.29, 1.82) is 0 Å². The fourth-order valence-corrected chi connectivity index (χ4v) is 2.67. The molecule has 0 aliphatic carbocycles. The number of halogens is 1. The monoisotopic (exact) mass is 387 g/mol. The highest BCUT2D eigenvalue weighted by molar-refractivity contribution is 6.31. The lowest BCUT2D eigenvalue weighted by atomic mass is 10.2. The molecule has 6 nitrogen and oxygen atoms in total. The van der Waals surface area contributed by atoms with Crippen LogP contribution < -0.4 is 10.1 Å². The molecular formula is C20H18ClNO5. The molecule has 0 unspecified atom stereocenters. The molecule has 0 saturated heterocycles. The number of benzene rings is 2. The van der Waals surface area contributed by atoms with Crippen LogP contribution in [0.1, 0.15) is 23.0 Å². The van der Waals surface area contributed by atoms with Gasteiger partial charge in [0.2, 0.25) is 5.76 Å². The van der Waals surface area contributed by atoms with E-state index in [2.05, 4.69) is 5.32 Å². The third kappa shape index (κ3) is 4.06. The van der Waals surface area contributed by atoms with E-state index in [-0.39, 0.29) is 5.76 Å². The largest absolute Gasteiger partial charge is 0.495 e. The lowest BCUT2D eigenvalue weighted by Crippen LogP contribution is -2.30. The molecule has 27 heavy (non-hydrogen) atoms. The zero-order chi connectivity index (χ0) is 19.6. The predicted molar refractivity (Wildman–Crippen MR) is 102 cm³/mol. The number of hydrogen-bond donors (Lipinski definition) is 1. The maximum Gasteiger partial charge on any atom is 0.375 e. The highest BCUT2D eigenvalue weighted by Crippen LogP contribution is 2.31. The Labute approximate surface area is 161 Å². The van der Waals surface area contributed by atoms with E-state index in [0.717, 1.165) is 10.9 Å². The molecule has 0 bridgehead atoms. The van der Waals surface area contributed by atoms with Crippen molar-refractivity contribution in [2.24, 2.45) is 0 Å². The normalized spacial score (nSPS) is 11.9. The Kier molecular flexibility index (Phi) is 5.37. The van der Waals surface area contributed by atoms with Crippen molar-refractivity contribution >= 4 is 40.1 Å². The van der Waals surface area contributed by atoms with E-state index < -0.39 is 18.0 Å². The maximum atomic E-state index is 12.4. The van der Waals surface area contributed by atoms with Crippen LogP contribution >= 0.6 is 11.6 Å². The first-order chi connectivity index (χ1) is 12.9. The van der Waals surface area contributed by atoms with Gasteiger partial charge >= 0.3 is 5.97 Å². The molecule has 1 aromatic heterocycles. The summed E-state index contributed by atoms with van der Waals surface area (Å²) in [5.41, 5.74) is 1.79. The number of fused-ring (bicyclic) bond motifs is 1. The van der Waals surface area contributed by atoms with Crippen LogP contribution in [0.4, 0.5) is 5.69 Å². The van der Waals surface area contributed by atoms with Gasteiger partial charge in [-0.3, -0.25) is 4.79 Å². The number of para-hydroxylation sites is 1. The Morgan fingerprint density at radius 3 is 2.63 bits per heavy atom. The number of esters is 1. The molecule has 0 fully saturated rings. The van der Waals surface area contributed by atoms with Crippen LogP contribution in [0.25, 0.3) is 11.0 Å². The molecule has 0 radical (unpaired) electrons. The highest BCUT2D eigenvalue weighted by atomic mass is 35.5. The minimum Gasteiger partial charge on any atom is -0.495 e. The second kappa shape index (κ2) is 7.72. The van der Waals surface area contributed by atoms with Crippen LogP contribution in [0.15, 0.2) is 46.9 Å². The van der Waals surface area contributed by atoms with Crippen molar-refractivity contribution in [2.75, 3.05) is 12.4 Å². The summed E-state index contributed by atoms with van der Waals surface area (Å²) in [5.74, 6) is -0.766. The van der Waals surface area contributed by atoms with Crippen LogP contribution in [0.2, 0.25) is 5.02 Å². The van der Waals surface area contributed by atoms with Gasteiger partial charge in [-0.2, -0.15) is 0 Å². The van der Waals surface area contributed by atoms with Crippen LogP contribution in [-0.4, -0.2) is 25.1 Å². The molecule has 0 aliphatic rings. The Morgan fingerprint density at radius 1 is 1.19 bits per heavy atom. The molecule has 0 saturated carbocycles. The predicted octanol–water partition coefficient (Wildman–Crippen LogP) is 4.59. The number of ether oxygens (including phenoxy) is 2. The van der Waals surface area contributed by atoms with Crippen LogP contribution in [0.3, 0.4) is 0 Å². The molecule has 2 aromatic carbocycles. The molecule has 1 atom stereocenters. The fourth-order valence-electron chi connectivity index (χ4n) is 2.52. The maximum absolute atomic E-state index is 12.4. The average molecular weight is 388 g/mol. The standard InChI is InChI=1S/C20H18ClNO5/c1-11-8-15(17(25-3)10-14(11)21)22-19(23)12(2)26-20(24)18-9-13-6-4-5-7-16(13)27-18/h4-10,12H,1-3H3,(H,22,23)/t12-/m0/s1. The summed E-state index contributed by atoms with van der Waals surface area (Å²) in [7, 11) is 1.47. The summed E-state index contributed by atoms with van der Waals surface area (Å²) in [6.45, 7) is 3.29. The minimum absolute atomic E-state index is 0.0377. The Balaban J connectivity index is 1.70. The van der Waals surface area contributed by atoms with Crippen molar-refractivity contribution in [3.63, 3.8) is 0 Å². The van der Waals surface area contributed by atoms with Gasteiger partial charge in [0.25, 0.3) is 5.91 Å². The Bertz CT molecular complexity index is 978. The highest BCUT2D eigenvalue weighted by Gasteiger charge is 2.22. The third-order valence-electron chi connectivity index (χ3n) is 4.02. The molecule has 0 spiro atoms. The molecule has 3 aromatic rings. The van der Waals surface area contributed by atoms with Gasteiger partial charge in [0.15, 0.2) is 6.10 Å². The minimum atomic E-state index is -1.04. The first-order valence-corrected chi connectivity index (χ1v) is 8.61. The van der Waals surface area contributed by atoms with Crippen molar-refractivity contribution in [1.82, 2.24) is 0 Å². The van der Waals surface area contributed by atoms with Crippen molar-refractivity contribution in [3.05, 3.63) is 58.8 Å². The SMILES string of the molecule is COc1cc(Cl)c(C)cc1NC(=O)[C@H](C)OC(=O)c1cc2ccccc2o1. The summed E-state index contributed by atoms with van der Waals surface area (Å²) in [6, 6.07) is 12.1. The summed E-state index contributed by atoms with van der Waals surface area (Å²) >= 11 is 6.06. The molecule has 1 amide bonds. The number of nitrogens with one attached hydrogen (secondary N) is 1. The fraction of sp³-hybridized carbons (Fsp3) is 0.200. The van der Waals surface area contributed by atoms with E-state index in [4.69, 9.17) is 25.5 Å². The first kappa shape index (κ1) is 18.8. The average Bonchev–Trinajstić information content (AvgIpc) is 3.08. The van der Waals surface area contributed by atoms with Crippen molar-refractivity contribution in [3.8, 4) is 5.75 Å². The van der Waals surface area contributed by atoms with Crippen LogP contribution in [0.5, 0.6) is 5.75 Å². The lowest BCUT2D eigenvalue weighted by molar-refractivity contribution is -0.123. The van der Waals surface area contributed by atoms with Gasteiger partial charge in [-0.05, 0) is 37.6 Å². The van der Waals surface area contributed by atoms with Gasteiger partial charge in [-0.15, -0.1) is 0 Å². The summed E-state index contributed by atoms with van der Waals surface area (Å²) in [5, 5.41) is 3.99. The smallest absolute Gasteiger partial charge is 0.375 e. The van der Waals surface area contributed by atoms with E-state index in [1.165, 1.54) is 14.0 Å². The number of methoxy groups -OCH3 is 1. The number of rotatable bonds is 5. The van der Waals surface area contributed by atoms with Crippen LogP contribution in [-0.2, 0) is 9.53 Å². The van der Waals surface area contributed by atoms with Crippen molar-refractivity contribution in [2.45, 2.75) is 20.0 Å². The number of carbonyl (C=O) groups excluding carboxylic acids is 2. The van der Waals surface area contributed by atoms with E-state index in [1.54, 1.807) is 30.3 Å². The zero-order valence-corrected chi connectivity index (χ0v) is 15.8. The molecule has 1 heterocycles. The third-order valence-corrected chi connectivity index (χ3v) is 4.43. The lowest BCUT2D eigenvalue weighted by Gasteiger charge is -2.15. The van der Waals surface area contributed by atoms with Gasteiger partial charge in [-0.1, -0.05) is 29.8 Å². The number of hydrogen-bond acceptors (Lipinski definition) is 5. The van der Waals surface area contributed by atoms with E-state index in [1.807, 2.05) is 19.1 Å². The number of aryl methyl sites for hydroxylation is 1. The number of carbonyl (C=O) groups is 2. The summed E-state index contributed by atoms with van der Waals surface area (Å²) < 4.78 is 15.9. The quantitative estimate of drug-likeness (QED) is 0.648. The molecule has 7 heteroatoms. The van der Waals surface area contributed by atoms with Crippen LogP contribution in [0, 0.1) is 6.92 Å². The van der Waals surface area contributed by atoms with E-state index in [9.17, 15) is 9.59 Å². The number of furan rings is 1. The van der Waals surface area contributed by atoms with Gasteiger partial charge in [0, 0.05) is 16.5 Å². The number of amides is 1. The second-order valence-electron chi connectivity index (χ2n) is 5.99. The Hall–Kier alpha value is -2.99. The molecule has 0 aliphatic heterocycles. The zero-order valence-electron chi connectivity index (χ0n) is 15.0. The summed E-state index contributed by atoms with van der Waals surface area (Å²) in [6.07, 6.45) is -1.04. The van der Waals surface area contributed by atoms with E-state index in [0.29, 0.717) is 22.0 Å². The van der Waals surface area contributed by atoms with Gasteiger partial charge < -0.3 is 19.2 Å². The topological polar surface area (TPSA) is 77.8 Å². The molecule has 1 N–H and O–H groups in total. The first-order valence-electron chi connectivity index (χ1n) is 8.23. The second-order valence-corrected chi connectivity index (χ2v) is 6.39. The number of anilines is 1. The molecular weight excluding hydrogens is 370 g/mol. The molecule has 3 rings (SSSR count). The molecule has 140 valence electrons. The van der Waals surface area contributed by atoms with Gasteiger partial charge in [0.05, 0.1) is 12.8 Å². The van der Waals surface area contributed by atoms with Gasteiger partial charge in [0.1, 0.15) is 11.3 Å². The Morgan fingerprint density at radius 2 is 1.93 bits per heavy atom.